The van der Waals surface area contributed by atoms with E-state index in [2.05, 4.69) is 16.0 Å². The van der Waals surface area contributed by atoms with Gasteiger partial charge in [0, 0.05) is 25.1 Å². The molecule has 0 radical (unpaired) electrons. The predicted octanol–water partition coefficient (Wildman–Crippen LogP) is 2.32. The summed E-state index contributed by atoms with van der Waals surface area (Å²) in [6.07, 6.45) is 0.237. The Bertz CT molecular complexity index is 1040. The number of phenolic OH excluding ortho intramolecular Hbond substituents is 1. The van der Waals surface area contributed by atoms with Crippen molar-refractivity contribution in [2.45, 2.75) is 32.9 Å². The van der Waals surface area contributed by atoms with Gasteiger partial charge >= 0.3 is 5.97 Å². The molecule has 9 nitrogen and oxygen atoms in total. The fourth-order valence-electron chi connectivity index (χ4n) is 2.89. The minimum absolute atomic E-state index is 0.0130. The Morgan fingerprint density at radius 2 is 1.73 bits per heavy atom. The van der Waals surface area contributed by atoms with Crippen molar-refractivity contribution in [3.05, 3.63) is 64.2 Å². The highest BCUT2D eigenvalue weighted by Crippen LogP contribution is 2.19. The minimum atomic E-state index is -1.35. The van der Waals surface area contributed by atoms with Crippen LogP contribution in [-0.2, 0) is 16.1 Å². The Kier molecular flexibility index (Phi) is 9.23. The van der Waals surface area contributed by atoms with Gasteiger partial charge in [-0.2, -0.15) is 0 Å². The van der Waals surface area contributed by atoms with Gasteiger partial charge < -0.3 is 26.2 Å². The molecule has 10 heteroatoms. The molecular formula is C23H26ClN3O6. The van der Waals surface area contributed by atoms with E-state index in [4.69, 9.17) is 11.6 Å². The van der Waals surface area contributed by atoms with Crippen LogP contribution in [0.1, 0.15) is 46.5 Å². The molecule has 0 unspecified atom stereocenters. The first kappa shape index (κ1) is 25.7. The first-order valence-electron chi connectivity index (χ1n) is 10.2. The summed E-state index contributed by atoms with van der Waals surface area (Å²) in [5.74, 6) is -2.63. The van der Waals surface area contributed by atoms with Gasteiger partial charge in [-0.25, -0.2) is 4.79 Å². The molecule has 0 heterocycles. The standard InChI is InChI=1S/C23H26ClN3O6/c1-13(2)8-20(29)25-12-19(23(32)33)27-22(31)17-7-6-15(10-18(17)24)21(30)26-11-14-4-3-5-16(28)9-14/h3-7,9-10,13,19,28H,8,11-12H2,1-2H3,(H,25,29)(H,26,30)(H,27,31)(H,32,33)/t19-/m0/s1. The van der Waals surface area contributed by atoms with E-state index >= 15 is 0 Å². The number of nitrogens with one attached hydrogen (secondary N) is 3. The van der Waals surface area contributed by atoms with Crippen molar-refractivity contribution in [3.8, 4) is 5.75 Å². The Balaban J connectivity index is 2.00. The van der Waals surface area contributed by atoms with Crippen molar-refractivity contribution in [2.75, 3.05) is 6.54 Å². The van der Waals surface area contributed by atoms with E-state index in [9.17, 15) is 29.4 Å². The lowest BCUT2D eigenvalue weighted by Crippen LogP contribution is -2.48. The van der Waals surface area contributed by atoms with Crippen molar-refractivity contribution >= 4 is 35.3 Å². The third-order valence-electron chi connectivity index (χ3n) is 4.54. The Hall–Kier alpha value is -3.59. The quantitative estimate of drug-likeness (QED) is 0.356. The summed E-state index contributed by atoms with van der Waals surface area (Å²) >= 11 is 6.16. The summed E-state index contributed by atoms with van der Waals surface area (Å²) in [5, 5.41) is 26.3. The first-order valence-corrected chi connectivity index (χ1v) is 10.6. The molecule has 2 aromatic carbocycles. The molecule has 0 aliphatic heterocycles. The zero-order chi connectivity index (χ0) is 24.5. The molecule has 0 saturated carbocycles. The number of hydrogen-bond acceptors (Lipinski definition) is 5. The fraction of sp³-hybridized carbons (Fsp3) is 0.304. The number of carboxylic acid groups (broad SMARTS) is 1. The number of benzene rings is 2. The van der Waals surface area contributed by atoms with Crippen molar-refractivity contribution < 1.29 is 29.4 Å². The van der Waals surface area contributed by atoms with Gasteiger partial charge in [-0.15, -0.1) is 0 Å². The zero-order valence-electron chi connectivity index (χ0n) is 18.2. The number of aliphatic carboxylic acids is 1. The Labute approximate surface area is 196 Å². The van der Waals surface area contributed by atoms with Crippen LogP contribution in [0.25, 0.3) is 0 Å². The number of aromatic hydroxyl groups is 1. The van der Waals surface area contributed by atoms with E-state index in [0.717, 1.165) is 0 Å². The number of rotatable bonds is 10. The summed E-state index contributed by atoms with van der Waals surface area (Å²) in [5.41, 5.74) is 0.888. The lowest BCUT2D eigenvalue weighted by Gasteiger charge is -2.16. The third kappa shape index (κ3) is 8.12. The van der Waals surface area contributed by atoms with Crippen LogP contribution in [0.5, 0.6) is 5.75 Å². The summed E-state index contributed by atoms with van der Waals surface area (Å²) in [7, 11) is 0. The van der Waals surface area contributed by atoms with Crippen LogP contribution in [0.4, 0.5) is 0 Å². The minimum Gasteiger partial charge on any atom is -0.508 e. The third-order valence-corrected chi connectivity index (χ3v) is 4.85. The largest absolute Gasteiger partial charge is 0.508 e. The molecule has 0 spiro atoms. The van der Waals surface area contributed by atoms with Crippen LogP contribution >= 0.6 is 11.6 Å². The summed E-state index contributed by atoms with van der Waals surface area (Å²) in [4.78, 5) is 48.1. The van der Waals surface area contributed by atoms with Crippen molar-refractivity contribution in [2.24, 2.45) is 5.92 Å². The van der Waals surface area contributed by atoms with Gasteiger partial charge in [0.15, 0.2) is 0 Å². The molecule has 33 heavy (non-hydrogen) atoms. The maximum absolute atomic E-state index is 12.5. The monoisotopic (exact) mass is 475 g/mol. The highest BCUT2D eigenvalue weighted by Gasteiger charge is 2.23. The Morgan fingerprint density at radius 3 is 2.33 bits per heavy atom. The number of halogens is 1. The van der Waals surface area contributed by atoms with Gasteiger partial charge in [0.05, 0.1) is 10.6 Å². The smallest absolute Gasteiger partial charge is 0.328 e. The summed E-state index contributed by atoms with van der Waals surface area (Å²) < 4.78 is 0. The van der Waals surface area contributed by atoms with Gasteiger partial charge in [0.25, 0.3) is 11.8 Å². The van der Waals surface area contributed by atoms with Crippen molar-refractivity contribution in [1.82, 2.24) is 16.0 Å². The Morgan fingerprint density at radius 1 is 1.00 bits per heavy atom. The number of hydrogen-bond donors (Lipinski definition) is 5. The van der Waals surface area contributed by atoms with Gasteiger partial charge in [0.2, 0.25) is 5.91 Å². The molecule has 1 atom stereocenters. The second-order valence-electron chi connectivity index (χ2n) is 7.81. The number of carboxylic acids is 1. The van der Waals surface area contributed by atoms with Crippen molar-refractivity contribution in [1.29, 1.82) is 0 Å². The van der Waals surface area contributed by atoms with Crippen molar-refractivity contribution in [3.63, 3.8) is 0 Å². The van der Waals surface area contributed by atoms with Crippen LogP contribution in [0.3, 0.4) is 0 Å². The van der Waals surface area contributed by atoms with E-state index in [1.54, 1.807) is 12.1 Å². The second-order valence-corrected chi connectivity index (χ2v) is 8.22. The molecule has 176 valence electrons. The highest BCUT2D eigenvalue weighted by molar-refractivity contribution is 6.34. The van der Waals surface area contributed by atoms with E-state index in [0.29, 0.717) is 5.56 Å². The molecular weight excluding hydrogens is 450 g/mol. The highest BCUT2D eigenvalue weighted by atomic mass is 35.5. The second kappa shape index (κ2) is 11.9. The number of carbonyl (C=O) groups excluding carboxylic acids is 3. The lowest BCUT2D eigenvalue weighted by atomic mass is 10.1. The molecule has 3 amide bonds. The molecule has 0 bridgehead atoms. The molecule has 0 fully saturated rings. The van der Waals surface area contributed by atoms with Crippen LogP contribution in [0.2, 0.25) is 5.02 Å². The van der Waals surface area contributed by atoms with E-state index in [1.165, 1.54) is 30.3 Å². The maximum atomic E-state index is 12.5. The topological polar surface area (TPSA) is 145 Å². The van der Waals surface area contributed by atoms with E-state index in [-0.39, 0.29) is 53.2 Å². The average Bonchev–Trinajstić information content (AvgIpc) is 2.74. The molecule has 0 aliphatic rings. The van der Waals surface area contributed by atoms with Gasteiger partial charge in [-0.05, 0) is 41.8 Å². The van der Waals surface area contributed by atoms with E-state index < -0.39 is 23.8 Å². The molecule has 0 aromatic heterocycles. The fourth-order valence-corrected chi connectivity index (χ4v) is 3.15. The normalized spacial score (nSPS) is 11.5. The predicted molar refractivity (Wildman–Crippen MR) is 122 cm³/mol. The number of phenols is 1. The van der Waals surface area contributed by atoms with Gasteiger partial charge in [-0.3, -0.25) is 14.4 Å². The van der Waals surface area contributed by atoms with E-state index in [1.807, 2.05) is 13.8 Å². The molecule has 2 rings (SSSR count). The lowest BCUT2D eigenvalue weighted by molar-refractivity contribution is -0.139. The van der Waals surface area contributed by atoms with Crippen LogP contribution in [-0.4, -0.2) is 46.5 Å². The molecule has 5 N–H and O–H groups in total. The first-order chi connectivity index (χ1) is 15.6. The van der Waals surface area contributed by atoms with Gasteiger partial charge in [-0.1, -0.05) is 37.6 Å². The number of amides is 3. The molecule has 0 saturated heterocycles. The van der Waals surface area contributed by atoms with Crippen LogP contribution < -0.4 is 16.0 Å². The maximum Gasteiger partial charge on any atom is 0.328 e. The van der Waals surface area contributed by atoms with Crippen LogP contribution in [0.15, 0.2) is 42.5 Å². The summed E-state index contributed by atoms with van der Waals surface area (Å²) in [6, 6.07) is 9.08. The SMILES string of the molecule is CC(C)CC(=O)NC[C@H](NC(=O)c1ccc(C(=O)NCc2cccc(O)c2)cc1Cl)C(=O)O. The van der Waals surface area contributed by atoms with Crippen LogP contribution in [0, 0.1) is 5.92 Å². The molecule has 0 aliphatic carbocycles. The van der Waals surface area contributed by atoms with Gasteiger partial charge in [0.1, 0.15) is 11.8 Å². The average molecular weight is 476 g/mol. The zero-order valence-corrected chi connectivity index (χ0v) is 19.0. The summed E-state index contributed by atoms with van der Waals surface area (Å²) in [6.45, 7) is 3.61. The molecule has 2 aromatic rings. The number of carbonyl (C=O) groups is 4.